The zero-order valence-electron chi connectivity index (χ0n) is 4.39. The molecule has 0 bridgehead atoms. The largest absolute Gasteiger partial charge is 0.299 e. The molecule has 0 aliphatic rings. The molecule has 0 saturated heterocycles. The number of carbonyl (C=O) groups excluding carboxylic acids is 2. The smallest absolute Gasteiger partial charge is 0.187 e. The van der Waals surface area contributed by atoms with E-state index in [2.05, 4.69) is 0 Å². The minimum atomic E-state index is -0.187. The van der Waals surface area contributed by atoms with Crippen molar-refractivity contribution in [1.29, 1.82) is 0 Å². The Balaban J connectivity index is 0. The van der Waals surface area contributed by atoms with Crippen molar-refractivity contribution in [3.05, 3.63) is 6.42 Å². The first-order valence-corrected chi connectivity index (χ1v) is 1.99. The molecule has 0 saturated carbocycles. The van der Waals surface area contributed by atoms with Gasteiger partial charge >= 0.3 is 0 Å². The van der Waals surface area contributed by atoms with Gasteiger partial charge in [0.15, 0.2) is 17.4 Å². The number of ketones is 2. The van der Waals surface area contributed by atoms with Crippen molar-refractivity contribution in [3.8, 4) is 0 Å². The second-order valence-electron chi connectivity index (χ2n) is 1.37. The molecule has 0 heterocycles. The third-order valence-electron chi connectivity index (χ3n) is 0.407. The highest BCUT2D eigenvalue weighted by Crippen LogP contribution is 1.78. The van der Waals surface area contributed by atoms with E-state index in [9.17, 15) is 9.59 Å². The van der Waals surface area contributed by atoms with Crippen LogP contribution in [0.25, 0.3) is 0 Å². The zero-order chi connectivity index (χ0) is 5.86. The first-order chi connectivity index (χ1) is 3.13. The molecule has 0 aliphatic heterocycles. The summed E-state index contributed by atoms with van der Waals surface area (Å²) < 4.78 is 0. The van der Waals surface area contributed by atoms with Crippen molar-refractivity contribution in [3.63, 3.8) is 0 Å². The van der Waals surface area contributed by atoms with Crippen molar-refractivity contribution in [2.45, 2.75) is 13.8 Å². The maximum Gasteiger partial charge on any atom is 0.187 e. The van der Waals surface area contributed by atoms with E-state index in [1.165, 1.54) is 13.8 Å². The van der Waals surface area contributed by atoms with Crippen molar-refractivity contribution < 1.29 is 9.59 Å². The number of rotatable bonds is 2. The Morgan fingerprint density at radius 1 is 1.12 bits per heavy atom. The molecule has 0 N–H and O–H groups in total. The highest BCUT2D eigenvalue weighted by molar-refractivity contribution is 6.08. The summed E-state index contributed by atoms with van der Waals surface area (Å²) in [7, 11) is 0. The molecular formula is C5H10AlO2. The van der Waals surface area contributed by atoms with E-state index in [4.69, 9.17) is 0 Å². The fraction of sp³-hybridized carbons (Fsp3) is 0.400. The standard InChI is InChI=1S/C5H7O2.Al.3H/c1-4(6)3-5(2)7;;;;/h3H,1-2H3;;;;. The third-order valence-corrected chi connectivity index (χ3v) is 0.407. The van der Waals surface area contributed by atoms with E-state index in [1.807, 2.05) is 0 Å². The average molecular weight is 129 g/mol. The molecule has 0 aliphatic carbocycles. The number of Topliss-reactive ketones (excluding diaryl/α,β-unsaturated/α-hetero) is 2. The average Bonchev–Trinajstić information content (AvgIpc) is 1.27. The Hall–Kier alpha value is -0.128. The van der Waals surface area contributed by atoms with Gasteiger partial charge in [-0.1, -0.05) is 0 Å². The summed E-state index contributed by atoms with van der Waals surface area (Å²) in [6, 6.07) is 0. The van der Waals surface area contributed by atoms with Gasteiger partial charge in [0.2, 0.25) is 0 Å². The van der Waals surface area contributed by atoms with Crippen LogP contribution < -0.4 is 0 Å². The minimum absolute atomic E-state index is 0. The van der Waals surface area contributed by atoms with E-state index >= 15 is 0 Å². The van der Waals surface area contributed by atoms with Crippen molar-refractivity contribution >= 4 is 28.9 Å². The minimum Gasteiger partial charge on any atom is -0.299 e. The lowest BCUT2D eigenvalue weighted by Gasteiger charge is -1.80. The predicted molar refractivity (Wildman–Crippen MR) is 35.6 cm³/mol. The highest BCUT2D eigenvalue weighted by Gasteiger charge is 1.95. The van der Waals surface area contributed by atoms with Gasteiger partial charge in [-0.3, -0.25) is 9.59 Å². The SMILES string of the molecule is CC(=O)[CH]C(C)=O.[AlH3]. The predicted octanol–water partition coefficient (Wildman–Crippen LogP) is -0.815. The van der Waals surface area contributed by atoms with Crippen LogP contribution in [0.1, 0.15) is 13.8 Å². The van der Waals surface area contributed by atoms with Crippen LogP contribution in [0.4, 0.5) is 0 Å². The molecule has 0 unspecified atom stereocenters. The van der Waals surface area contributed by atoms with Gasteiger partial charge in [-0.05, 0) is 13.8 Å². The second-order valence-corrected chi connectivity index (χ2v) is 1.37. The van der Waals surface area contributed by atoms with E-state index in [0.717, 1.165) is 6.42 Å². The zero-order valence-corrected chi connectivity index (χ0v) is 4.39. The van der Waals surface area contributed by atoms with Gasteiger partial charge in [-0.15, -0.1) is 0 Å². The Morgan fingerprint density at radius 3 is 1.38 bits per heavy atom. The van der Waals surface area contributed by atoms with Gasteiger partial charge in [0.1, 0.15) is 11.6 Å². The molecule has 45 valence electrons. The van der Waals surface area contributed by atoms with Crippen LogP contribution >= 0.6 is 0 Å². The van der Waals surface area contributed by atoms with Crippen LogP contribution in [0.15, 0.2) is 0 Å². The second kappa shape index (κ2) is 5.02. The van der Waals surface area contributed by atoms with Gasteiger partial charge in [-0.2, -0.15) is 0 Å². The molecule has 0 amide bonds. The van der Waals surface area contributed by atoms with Gasteiger partial charge in [0, 0.05) is 0 Å². The monoisotopic (exact) mass is 129 g/mol. The van der Waals surface area contributed by atoms with Crippen LogP contribution in [0.3, 0.4) is 0 Å². The number of hydrogen-bond donors (Lipinski definition) is 0. The molecule has 0 rings (SSSR count). The molecule has 0 aromatic heterocycles. The normalized spacial score (nSPS) is 7.25. The maximum atomic E-state index is 9.98. The number of hydrogen-bond acceptors (Lipinski definition) is 2. The topological polar surface area (TPSA) is 34.1 Å². The summed E-state index contributed by atoms with van der Waals surface area (Å²) >= 11 is 0. The fourth-order valence-corrected chi connectivity index (χ4v) is 0.286. The van der Waals surface area contributed by atoms with Crippen molar-refractivity contribution in [2.24, 2.45) is 0 Å². The molecule has 0 atom stereocenters. The molecule has 0 aromatic carbocycles. The quantitative estimate of drug-likeness (QED) is 0.361. The van der Waals surface area contributed by atoms with E-state index in [-0.39, 0.29) is 28.9 Å². The Kier molecular flexibility index (Phi) is 6.76. The summed E-state index contributed by atoms with van der Waals surface area (Å²) in [4.78, 5) is 20.0. The summed E-state index contributed by atoms with van der Waals surface area (Å²) in [5.74, 6) is -0.375. The first-order valence-electron chi connectivity index (χ1n) is 1.99. The Morgan fingerprint density at radius 2 is 1.38 bits per heavy atom. The lowest BCUT2D eigenvalue weighted by molar-refractivity contribution is -0.119. The van der Waals surface area contributed by atoms with E-state index in [1.54, 1.807) is 0 Å². The van der Waals surface area contributed by atoms with Crippen molar-refractivity contribution in [1.82, 2.24) is 0 Å². The molecule has 0 aromatic rings. The van der Waals surface area contributed by atoms with Crippen LogP contribution in [0, 0.1) is 6.42 Å². The lowest BCUT2D eigenvalue weighted by atomic mass is 10.2. The molecule has 1 radical (unpaired) electrons. The summed E-state index contributed by atoms with van der Waals surface area (Å²) in [5, 5.41) is 0. The Labute approximate surface area is 59.4 Å². The summed E-state index contributed by atoms with van der Waals surface area (Å²) in [5.41, 5.74) is 0. The Bertz CT molecular complexity index is 86.6. The first kappa shape index (κ1) is 10.8. The fourth-order valence-electron chi connectivity index (χ4n) is 0.286. The van der Waals surface area contributed by atoms with Crippen molar-refractivity contribution in [2.75, 3.05) is 0 Å². The third kappa shape index (κ3) is 9.30. The van der Waals surface area contributed by atoms with Gasteiger partial charge in [-0.25, -0.2) is 0 Å². The molecule has 3 heteroatoms. The van der Waals surface area contributed by atoms with Gasteiger partial charge in [0.25, 0.3) is 0 Å². The van der Waals surface area contributed by atoms with Gasteiger partial charge < -0.3 is 0 Å². The van der Waals surface area contributed by atoms with Crippen LogP contribution in [0.2, 0.25) is 0 Å². The molecule has 8 heavy (non-hydrogen) atoms. The van der Waals surface area contributed by atoms with Crippen LogP contribution in [-0.4, -0.2) is 28.9 Å². The van der Waals surface area contributed by atoms with E-state index in [0.29, 0.717) is 0 Å². The summed E-state index contributed by atoms with van der Waals surface area (Å²) in [6.45, 7) is 2.70. The highest BCUT2D eigenvalue weighted by atomic mass is 27.0. The molecule has 0 fully saturated rings. The van der Waals surface area contributed by atoms with E-state index < -0.39 is 0 Å². The van der Waals surface area contributed by atoms with Gasteiger partial charge in [0.05, 0.1) is 6.42 Å². The molecular weight excluding hydrogens is 119 g/mol. The lowest BCUT2D eigenvalue weighted by Crippen LogP contribution is -1.99. The summed E-state index contributed by atoms with van der Waals surface area (Å²) in [6.07, 6.45) is 1.06. The molecule has 2 nitrogen and oxygen atoms in total. The van der Waals surface area contributed by atoms with Crippen LogP contribution in [0.5, 0.6) is 0 Å². The van der Waals surface area contributed by atoms with Crippen LogP contribution in [-0.2, 0) is 9.59 Å². The molecule has 0 spiro atoms. The number of carbonyl (C=O) groups is 2. The maximum absolute atomic E-state index is 9.98.